The molecule has 0 saturated carbocycles. The van der Waals surface area contributed by atoms with E-state index in [1.165, 1.54) is 36.4 Å². The number of nitrogens with zero attached hydrogens (tertiary/aromatic N) is 2. The number of rotatable bonds is 5. The van der Waals surface area contributed by atoms with E-state index in [1.807, 2.05) is 0 Å². The van der Waals surface area contributed by atoms with Gasteiger partial charge >= 0.3 is 6.18 Å². The van der Waals surface area contributed by atoms with E-state index >= 15 is 0 Å². The number of nitrogens with one attached hydrogen (secondary N) is 1. The quantitative estimate of drug-likeness (QED) is 0.665. The van der Waals surface area contributed by atoms with E-state index in [4.69, 9.17) is 4.42 Å². The largest absolute Gasteiger partial charge is 0.421 e. The van der Waals surface area contributed by atoms with Crippen LogP contribution in [0.25, 0.3) is 11.5 Å². The molecule has 5 nitrogen and oxygen atoms in total. The summed E-state index contributed by atoms with van der Waals surface area (Å²) in [6.07, 6.45) is -4.27. The number of benzene rings is 2. The average Bonchev–Trinajstić information content (AvgIpc) is 3.09. The maximum atomic E-state index is 12.9. The second-order valence-electron chi connectivity index (χ2n) is 5.63. The predicted molar refractivity (Wildman–Crippen MR) is 88.1 cm³/mol. The maximum Gasteiger partial charge on any atom is 0.416 e. The first-order valence-electron chi connectivity index (χ1n) is 7.87. The molecule has 1 N–H and O–H groups in total. The van der Waals surface area contributed by atoms with Gasteiger partial charge in [-0.1, -0.05) is 0 Å². The van der Waals surface area contributed by atoms with Crippen LogP contribution in [0.1, 0.15) is 17.9 Å². The van der Waals surface area contributed by atoms with E-state index in [9.17, 15) is 22.4 Å². The van der Waals surface area contributed by atoms with Crippen LogP contribution in [0.5, 0.6) is 0 Å². The topological polar surface area (TPSA) is 68.0 Å². The molecule has 9 heteroatoms. The van der Waals surface area contributed by atoms with Crippen LogP contribution in [0.3, 0.4) is 0 Å². The normalized spacial score (nSPS) is 11.4. The van der Waals surface area contributed by atoms with Crippen LogP contribution >= 0.6 is 0 Å². The number of aryl methyl sites for hydroxylation is 1. The van der Waals surface area contributed by atoms with E-state index in [0.29, 0.717) is 5.56 Å². The standard InChI is InChI=1S/C18H13F4N3O2/c19-13-5-1-11(2-6-13)17-25-24-16(27-17)10-9-15(26)23-14-7-3-12(4-8-14)18(20,21)22/h1-8H,9-10H2,(H,23,26). The van der Waals surface area contributed by atoms with Crippen LogP contribution in [0, 0.1) is 5.82 Å². The van der Waals surface area contributed by atoms with Gasteiger partial charge in [-0.05, 0) is 48.5 Å². The molecule has 140 valence electrons. The fourth-order valence-electron chi connectivity index (χ4n) is 2.25. The summed E-state index contributed by atoms with van der Waals surface area (Å²) >= 11 is 0. The van der Waals surface area contributed by atoms with E-state index in [2.05, 4.69) is 15.5 Å². The molecule has 1 amide bonds. The van der Waals surface area contributed by atoms with Gasteiger partial charge in [0.1, 0.15) is 5.82 Å². The Balaban J connectivity index is 1.54. The molecule has 0 aliphatic heterocycles. The van der Waals surface area contributed by atoms with Gasteiger partial charge in [-0.15, -0.1) is 10.2 Å². The molecule has 2 aromatic carbocycles. The molecule has 27 heavy (non-hydrogen) atoms. The summed E-state index contributed by atoms with van der Waals surface area (Å²) in [7, 11) is 0. The number of hydrogen-bond donors (Lipinski definition) is 1. The molecule has 3 rings (SSSR count). The zero-order valence-corrected chi connectivity index (χ0v) is 13.8. The summed E-state index contributed by atoms with van der Waals surface area (Å²) in [5, 5.41) is 10.1. The van der Waals surface area contributed by atoms with Gasteiger partial charge in [0.25, 0.3) is 0 Å². The van der Waals surface area contributed by atoms with E-state index < -0.39 is 23.5 Å². The summed E-state index contributed by atoms with van der Waals surface area (Å²) in [6.45, 7) is 0. The highest BCUT2D eigenvalue weighted by atomic mass is 19.4. The number of anilines is 1. The number of aromatic nitrogens is 2. The molecule has 0 bridgehead atoms. The third-order valence-electron chi connectivity index (χ3n) is 3.62. The Morgan fingerprint density at radius 2 is 1.67 bits per heavy atom. The smallest absolute Gasteiger partial charge is 0.416 e. The first kappa shape index (κ1) is 18.6. The maximum absolute atomic E-state index is 12.9. The third-order valence-corrected chi connectivity index (χ3v) is 3.62. The van der Waals surface area contributed by atoms with Crippen LogP contribution in [0.15, 0.2) is 52.9 Å². The summed E-state index contributed by atoms with van der Waals surface area (Å²) in [6, 6.07) is 9.65. The highest BCUT2D eigenvalue weighted by molar-refractivity contribution is 5.90. The third kappa shape index (κ3) is 4.90. The van der Waals surface area contributed by atoms with Crippen molar-refractivity contribution in [3.05, 3.63) is 65.8 Å². The molecule has 0 aliphatic rings. The van der Waals surface area contributed by atoms with Crippen molar-refractivity contribution in [2.45, 2.75) is 19.0 Å². The van der Waals surface area contributed by atoms with Gasteiger partial charge < -0.3 is 9.73 Å². The number of halogens is 4. The summed E-state index contributed by atoms with van der Waals surface area (Å²) < 4.78 is 55.8. The first-order valence-corrected chi connectivity index (χ1v) is 7.87. The van der Waals surface area contributed by atoms with E-state index in [1.54, 1.807) is 0 Å². The van der Waals surface area contributed by atoms with Crippen molar-refractivity contribution in [1.29, 1.82) is 0 Å². The minimum absolute atomic E-state index is 0.00603. The van der Waals surface area contributed by atoms with Gasteiger partial charge in [0.15, 0.2) is 0 Å². The lowest BCUT2D eigenvalue weighted by molar-refractivity contribution is -0.137. The van der Waals surface area contributed by atoms with Crippen molar-refractivity contribution in [2.24, 2.45) is 0 Å². The monoisotopic (exact) mass is 379 g/mol. The molecule has 1 aromatic heterocycles. The van der Waals surface area contributed by atoms with Crippen molar-refractivity contribution < 1.29 is 26.8 Å². The molecule has 0 aliphatic carbocycles. The molecule has 0 unspecified atom stereocenters. The molecular formula is C18H13F4N3O2. The Kier molecular flexibility index (Phi) is 5.20. The van der Waals surface area contributed by atoms with Crippen molar-refractivity contribution in [3.63, 3.8) is 0 Å². The van der Waals surface area contributed by atoms with Crippen molar-refractivity contribution in [2.75, 3.05) is 5.32 Å². The molecular weight excluding hydrogens is 366 g/mol. The molecule has 3 aromatic rings. The summed E-state index contributed by atoms with van der Waals surface area (Å²) in [5.74, 6) is -0.375. The van der Waals surface area contributed by atoms with E-state index in [0.717, 1.165) is 12.1 Å². The molecule has 0 atom stereocenters. The number of carbonyl (C=O) groups excluding carboxylic acids is 1. The lowest BCUT2D eigenvalue weighted by Gasteiger charge is -2.08. The van der Waals surface area contributed by atoms with Gasteiger partial charge in [0, 0.05) is 24.1 Å². The zero-order valence-electron chi connectivity index (χ0n) is 13.8. The Morgan fingerprint density at radius 3 is 2.30 bits per heavy atom. The zero-order chi connectivity index (χ0) is 19.4. The van der Waals surface area contributed by atoms with Crippen LogP contribution in [-0.4, -0.2) is 16.1 Å². The van der Waals surface area contributed by atoms with Gasteiger partial charge in [-0.2, -0.15) is 13.2 Å². The minimum Gasteiger partial charge on any atom is -0.421 e. The highest BCUT2D eigenvalue weighted by Crippen LogP contribution is 2.29. The number of hydrogen-bond acceptors (Lipinski definition) is 4. The van der Waals surface area contributed by atoms with Gasteiger partial charge in [-0.3, -0.25) is 4.79 Å². The van der Waals surface area contributed by atoms with Gasteiger partial charge in [0.05, 0.1) is 5.56 Å². The van der Waals surface area contributed by atoms with Crippen LogP contribution < -0.4 is 5.32 Å². The van der Waals surface area contributed by atoms with Crippen molar-refractivity contribution in [1.82, 2.24) is 10.2 Å². The molecule has 0 spiro atoms. The number of alkyl halides is 3. The van der Waals surface area contributed by atoms with Crippen LogP contribution in [0.4, 0.5) is 23.2 Å². The molecule has 0 saturated heterocycles. The van der Waals surface area contributed by atoms with Crippen molar-refractivity contribution >= 4 is 11.6 Å². The van der Waals surface area contributed by atoms with Crippen LogP contribution in [-0.2, 0) is 17.4 Å². The van der Waals surface area contributed by atoms with Gasteiger partial charge in [0.2, 0.25) is 17.7 Å². The average molecular weight is 379 g/mol. The lowest BCUT2D eigenvalue weighted by Crippen LogP contribution is -2.13. The second-order valence-corrected chi connectivity index (χ2v) is 5.63. The van der Waals surface area contributed by atoms with Crippen LogP contribution in [0.2, 0.25) is 0 Å². The molecule has 0 radical (unpaired) electrons. The Hall–Kier alpha value is -3.23. The Morgan fingerprint density at radius 1 is 1.00 bits per heavy atom. The first-order chi connectivity index (χ1) is 12.8. The fraction of sp³-hybridized carbons (Fsp3) is 0.167. The lowest BCUT2D eigenvalue weighted by atomic mass is 10.2. The van der Waals surface area contributed by atoms with Gasteiger partial charge in [-0.25, -0.2) is 4.39 Å². The summed E-state index contributed by atoms with van der Waals surface area (Å²) in [4.78, 5) is 11.9. The second kappa shape index (κ2) is 7.56. The Labute approximate surface area is 151 Å². The fourth-order valence-corrected chi connectivity index (χ4v) is 2.25. The molecule has 1 heterocycles. The summed E-state index contributed by atoms with van der Waals surface area (Å²) in [5.41, 5.74) is 0.00886. The number of amides is 1. The number of carbonyl (C=O) groups is 1. The predicted octanol–water partition coefficient (Wildman–Crippen LogP) is 4.47. The Bertz CT molecular complexity index is 919. The van der Waals surface area contributed by atoms with Crippen molar-refractivity contribution in [3.8, 4) is 11.5 Å². The van der Waals surface area contributed by atoms with E-state index in [-0.39, 0.29) is 30.3 Å². The minimum atomic E-state index is -4.43. The SMILES string of the molecule is O=C(CCc1nnc(-c2ccc(F)cc2)o1)Nc1ccc(C(F)(F)F)cc1. The highest BCUT2D eigenvalue weighted by Gasteiger charge is 2.29. The molecule has 0 fully saturated rings.